The topological polar surface area (TPSA) is 38.3 Å². The molecule has 2 aromatic rings. The maximum absolute atomic E-state index is 13.1. The van der Waals surface area contributed by atoms with E-state index in [4.69, 9.17) is 4.84 Å². The summed E-state index contributed by atoms with van der Waals surface area (Å²) in [6, 6.07) is 13.3. The van der Waals surface area contributed by atoms with E-state index in [1.54, 1.807) is 0 Å². The van der Waals surface area contributed by atoms with Crippen molar-refractivity contribution >= 4 is 21.8 Å². The van der Waals surface area contributed by atoms with E-state index in [9.17, 15) is 9.18 Å². The average Bonchev–Trinajstić information content (AvgIpc) is 2.42. The molecule has 0 aliphatic heterocycles. The molecule has 3 nitrogen and oxygen atoms in total. The third-order valence-electron chi connectivity index (χ3n) is 2.42. The minimum atomic E-state index is -0.498. The molecule has 0 atom stereocenters. The number of amides is 1. The van der Waals surface area contributed by atoms with Crippen LogP contribution in [-0.4, -0.2) is 5.91 Å². The fourth-order valence-electron chi connectivity index (χ4n) is 1.49. The Balaban J connectivity index is 1.93. The molecule has 0 saturated carbocycles. The first-order valence-corrected chi connectivity index (χ1v) is 6.37. The van der Waals surface area contributed by atoms with Crippen molar-refractivity contribution in [2.24, 2.45) is 0 Å². The molecule has 0 aromatic heterocycles. The Morgan fingerprint density at radius 1 is 1.21 bits per heavy atom. The SMILES string of the molecule is O=C(NOCc1ccccc1)c1cc(F)ccc1Br. The Morgan fingerprint density at radius 2 is 1.95 bits per heavy atom. The molecule has 2 rings (SSSR count). The minimum Gasteiger partial charge on any atom is -0.269 e. The standard InChI is InChI=1S/C14H11BrFNO2/c15-13-7-6-11(16)8-12(13)14(18)17-19-9-10-4-2-1-3-5-10/h1-8H,9H2,(H,17,18). The van der Waals surface area contributed by atoms with Crippen molar-refractivity contribution in [1.29, 1.82) is 0 Å². The number of nitrogens with one attached hydrogen (secondary N) is 1. The third-order valence-corrected chi connectivity index (χ3v) is 3.11. The van der Waals surface area contributed by atoms with Crippen molar-refractivity contribution in [2.45, 2.75) is 6.61 Å². The van der Waals surface area contributed by atoms with E-state index in [2.05, 4.69) is 21.4 Å². The van der Waals surface area contributed by atoms with Gasteiger partial charge in [-0.3, -0.25) is 9.63 Å². The number of carbonyl (C=O) groups is 1. The molecule has 98 valence electrons. The molecule has 0 aliphatic carbocycles. The fourth-order valence-corrected chi connectivity index (χ4v) is 1.91. The zero-order valence-electron chi connectivity index (χ0n) is 9.90. The molecule has 0 radical (unpaired) electrons. The van der Waals surface area contributed by atoms with Crippen molar-refractivity contribution in [2.75, 3.05) is 0 Å². The van der Waals surface area contributed by atoms with E-state index in [-0.39, 0.29) is 12.2 Å². The van der Waals surface area contributed by atoms with Gasteiger partial charge in [-0.15, -0.1) is 0 Å². The van der Waals surface area contributed by atoms with Crippen LogP contribution in [0.3, 0.4) is 0 Å². The molecule has 19 heavy (non-hydrogen) atoms. The zero-order valence-corrected chi connectivity index (χ0v) is 11.5. The highest BCUT2D eigenvalue weighted by molar-refractivity contribution is 9.10. The summed E-state index contributed by atoms with van der Waals surface area (Å²) < 4.78 is 13.6. The molecule has 1 N–H and O–H groups in total. The summed E-state index contributed by atoms with van der Waals surface area (Å²) >= 11 is 3.18. The van der Waals surface area contributed by atoms with Crippen molar-refractivity contribution in [3.05, 3.63) is 69.9 Å². The van der Waals surface area contributed by atoms with Crippen LogP contribution in [0.5, 0.6) is 0 Å². The van der Waals surface area contributed by atoms with Crippen LogP contribution in [0.15, 0.2) is 53.0 Å². The van der Waals surface area contributed by atoms with Crippen LogP contribution in [0, 0.1) is 5.82 Å². The minimum absolute atomic E-state index is 0.188. The second-order valence-electron chi connectivity index (χ2n) is 3.83. The van der Waals surface area contributed by atoms with Crippen molar-refractivity contribution in [3.63, 3.8) is 0 Å². The van der Waals surface area contributed by atoms with Gasteiger partial charge in [0.2, 0.25) is 0 Å². The lowest BCUT2D eigenvalue weighted by Crippen LogP contribution is -2.24. The molecule has 0 unspecified atom stereocenters. The van der Waals surface area contributed by atoms with E-state index in [0.29, 0.717) is 4.47 Å². The molecule has 0 bridgehead atoms. The molecular formula is C14H11BrFNO2. The Kier molecular flexibility index (Phi) is 4.65. The van der Waals surface area contributed by atoms with Gasteiger partial charge in [-0.2, -0.15) is 0 Å². The van der Waals surface area contributed by atoms with Gasteiger partial charge in [0.15, 0.2) is 0 Å². The second kappa shape index (κ2) is 6.45. The molecule has 0 heterocycles. The number of hydrogen-bond acceptors (Lipinski definition) is 2. The number of halogens is 2. The van der Waals surface area contributed by atoms with Crippen LogP contribution in [0.1, 0.15) is 15.9 Å². The first kappa shape index (κ1) is 13.7. The first-order chi connectivity index (χ1) is 9.16. The van der Waals surface area contributed by atoms with Gasteiger partial charge < -0.3 is 0 Å². The molecule has 5 heteroatoms. The smallest absolute Gasteiger partial charge is 0.269 e. The maximum atomic E-state index is 13.1. The molecule has 0 fully saturated rings. The predicted octanol–water partition coefficient (Wildman–Crippen LogP) is 3.45. The number of benzene rings is 2. The Hall–Kier alpha value is -1.72. The van der Waals surface area contributed by atoms with E-state index in [1.165, 1.54) is 12.1 Å². The van der Waals surface area contributed by atoms with Gasteiger partial charge in [0.1, 0.15) is 5.82 Å². The van der Waals surface area contributed by atoms with Gasteiger partial charge in [-0.25, -0.2) is 9.87 Å². The maximum Gasteiger partial charge on any atom is 0.276 e. The summed E-state index contributed by atoms with van der Waals surface area (Å²) in [7, 11) is 0. The lowest BCUT2D eigenvalue weighted by atomic mass is 10.2. The van der Waals surface area contributed by atoms with E-state index in [0.717, 1.165) is 11.6 Å². The van der Waals surface area contributed by atoms with Crippen LogP contribution in [0.4, 0.5) is 4.39 Å². The summed E-state index contributed by atoms with van der Waals surface area (Å²) in [4.78, 5) is 16.9. The monoisotopic (exact) mass is 323 g/mol. The first-order valence-electron chi connectivity index (χ1n) is 5.58. The van der Waals surface area contributed by atoms with Gasteiger partial charge in [-0.05, 0) is 39.7 Å². The number of hydrogen-bond donors (Lipinski definition) is 1. The van der Waals surface area contributed by atoms with Crippen LogP contribution in [-0.2, 0) is 11.4 Å². The second-order valence-corrected chi connectivity index (χ2v) is 4.68. The summed E-state index contributed by atoms with van der Waals surface area (Å²) in [6.45, 7) is 0.250. The summed E-state index contributed by atoms with van der Waals surface area (Å²) in [5, 5.41) is 0. The van der Waals surface area contributed by atoms with Crippen molar-refractivity contribution < 1.29 is 14.0 Å². The molecule has 0 spiro atoms. The quantitative estimate of drug-likeness (QED) is 0.875. The fraction of sp³-hybridized carbons (Fsp3) is 0.0714. The zero-order chi connectivity index (χ0) is 13.7. The normalized spacial score (nSPS) is 10.2. The van der Waals surface area contributed by atoms with Crippen LogP contribution in [0.2, 0.25) is 0 Å². The molecule has 0 aliphatic rings. The van der Waals surface area contributed by atoms with Crippen molar-refractivity contribution in [3.8, 4) is 0 Å². The van der Waals surface area contributed by atoms with Gasteiger partial charge in [-0.1, -0.05) is 30.3 Å². The average molecular weight is 324 g/mol. The Morgan fingerprint density at radius 3 is 2.68 bits per heavy atom. The van der Waals surface area contributed by atoms with Crippen LogP contribution in [0.25, 0.3) is 0 Å². The summed E-state index contributed by atoms with van der Waals surface area (Å²) in [6.07, 6.45) is 0. The summed E-state index contributed by atoms with van der Waals surface area (Å²) in [5.74, 6) is -0.973. The predicted molar refractivity (Wildman–Crippen MR) is 72.8 cm³/mol. The lowest BCUT2D eigenvalue weighted by molar-refractivity contribution is 0.0232. The molecule has 1 amide bonds. The van der Waals surface area contributed by atoms with Gasteiger partial charge in [0, 0.05) is 4.47 Å². The molecular weight excluding hydrogens is 313 g/mol. The van der Waals surface area contributed by atoms with Gasteiger partial charge >= 0.3 is 0 Å². The summed E-state index contributed by atoms with van der Waals surface area (Å²) in [5.41, 5.74) is 3.40. The highest BCUT2D eigenvalue weighted by atomic mass is 79.9. The largest absolute Gasteiger partial charge is 0.276 e. The number of carbonyl (C=O) groups excluding carboxylic acids is 1. The van der Waals surface area contributed by atoms with E-state index >= 15 is 0 Å². The van der Waals surface area contributed by atoms with Gasteiger partial charge in [0.05, 0.1) is 12.2 Å². The third kappa shape index (κ3) is 3.87. The Bertz CT molecular complexity index is 575. The van der Waals surface area contributed by atoms with Gasteiger partial charge in [0.25, 0.3) is 5.91 Å². The highest BCUT2D eigenvalue weighted by Gasteiger charge is 2.11. The highest BCUT2D eigenvalue weighted by Crippen LogP contribution is 2.17. The number of hydroxylamine groups is 1. The molecule has 2 aromatic carbocycles. The van der Waals surface area contributed by atoms with E-state index in [1.807, 2.05) is 30.3 Å². The number of rotatable bonds is 4. The van der Waals surface area contributed by atoms with Crippen molar-refractivity contribution in [1.82, 2.24) is 5.48 Å². The lowest BCUT2D eigenvalue weighted by Gasteiger charge is -2.07. The van der Waals surface area contributed by atoms with Crippen LogP contribution < -0.4 is 5.48 Å². The van der Waals surface area contributed by atoms with E-state index < -0.39 is 11.7 Å². The van der Waals surface area contributed by atoms with Crippen LogP contribution >= 0.6 is 15.9 Å². The Labute approximate surface area is 118 Å². The molecule has 0 saturated heterocycles.